The molecule has 1 aromatic rings. The Morgan fingerprint density at radius 2 is 2.32 bits per heavy atom. The van der Waals surface area contributed by atoms with Crippen molar-refractivity contribution in [1.29, 1.82) is 0 Å². The number of nitrogens with one attached hydrogen (secondary N) is 2. The zero-order valence-corrected chi connectivity index (χ0v) is 13.9. The number of hydrogen-bond donors (Lipinski definition) is 2. The third-order valence-corrected chi connectivity index (χ3v) is 4.79. The number of halogens is 1. The molecule has 0 aromatic heterocycles. The summed E-state index contributed by atoms with van der Waals surface area (Å²) in [6.45, 7) is 2.14. The number of anilines is 1. The maximum atomic E-state index is 12.3. The minimum Gasteiger partial charge on any atom is -0.354 e. The number of carbonyl (C=O) groups excluding carboxylic acids is 2. The number of hydrogen-bond acceptors (Lipinski definition) is 3. The second-order valence-corrected chi connectivity index (χ2v) is 6.84. The van der Waals surface area contributed by atoms with E-state index in [1.165, 1.54) is 6.42 Å². The van der Waals surface area contributed by atoms with Crippen molar-refractivity contribution in [2.24, 2.45) is 5.92 Å². The highest BCUT2D eigenvalue weighted by atomic mass is 79.9. The van der Waals surface area contributed by atoms with Crippen molar-refractivity contribution >= 4 is 33.4 Å². The normalized spacial score (nSPS) is 24.8. The molecular formula is C16H20BrN3O2. The van der Waals surface area contributed by atoms with Crippen molar-refractivity contribution in [2.75, 3.05) is 24.5 Å². The van der Waals surface area contributed by atoms with E-state index in [1.807, 2.05) is 24.3 Å². The van der Waals surface area contributed by atoms with Crippen molar-refractivity contribution in [3.63, 3.8) is 0 Å². The van der Waals surface area contributed by atoms with Gasteiger partial charge >= 0.3 is 0 Å². The second kappa shape index (κ2) is 6.79. The zero-order chi connectivity index (χ0) is 15.5. The maximum absolute atomic E-state index is 12.3. The largest absolute Gasteiger partial charge is 0.354 e. The molecule has 2 heterocycles. The van der Waals surface area contributed by atoms with Crippen LogP contribution in [0, 0.1) is 5.92 Å². The summed E-state index contributed by atoms with van der Waals surface area (Å²) in [5, 5.41) is 6.34. The molecule has 0 saturated carbocycles. The standard InChI is InChI=1S/C16H20BrN3O2/c17-12-3-1-5-14(8-12)20-10-11(7-15(20)21)16(22)19-9-13-4-2-6-18-13/h1,3,5,8,11,13,18H,2,4,6-7,9-10H2,(H,19,22). The van der Waals surface area contributed by atoms with E-state index in [0.717, 1.165) is 23.1 Å². The van der Waals surface area contributed by atoms with Crippen molar-refractivity contribution in [3.8, 4) is 0 Å². The first-order valence-electron chi connectivity index (χ1n) is 7.70. The van der Waals surface area contributed by atoms with E-state index >= 15 is 0 Å². The molecule has 22 heavy (non-hydrogen) atoms. The first-order chi connectivity index (χ1) is 10.6. The summed E-state index contributed by atoms with van der Waals surface area (Å²) >= 11 is 3.41. The number of rotatable bonds is 4. The SMILES string of the molecule is O=C(NCC1CCCN1)C1CC(=O)N(c2cccc(Br)c2)C1. The van der Waals surface area contributed by atoms with E-state index in [4.69, 9.17) is 0 Å². The summed E-state index contributed by atoms with van der Waals surface area (Å²) in [6, 6.07) is 7.99. The minimum atomic E-state index is -0.257. The molecule has 2 atom stereocenters. The van der Waals surface area contributed by atoms with Crippen molar-refractivity contribution in [2.45, 2.75) is 25.3 Å². The van der Waals surface area contributed by atoms with Gasteiger partial charge in [-0.15, -0.1) is 0 Å². The van der Waals surface area contributed by atoms with Crippen LogP contribution in [-0.2, 0) is 9.59 Å². The van der Waals surface area contributed by atoms with Gasteiger partial charge in [0.2, 0.25) is 11.8 Å². The molecule has 2 N–H and O–H groups in total. The molecule has 2 saturated heterocycles. The van der Waals surface area contributed by atoms with Crippen LogP contribution in [0.5, 0.6) is 0 Å². The topological polar surface area (TPSA) is 61.4 Å². The van der Waals surface area contributed by atoms with Crippen LogP contribution >= 0.6 is 15.9 Å². The van der Waals surface area contributed by atoms with Gasteiger partial charge in [0, 0.05) is 35.7 Å². The molecule has 0 spiro atoms. The molecule has 2 aliphatic heterocycles. The maximum Gasteiger partial charge on any atom is 0.227 e. The summed E-state index contributed by atoms with van der Waals surface area (Å²) in [6.07, 6.45) is 2.56. The molecule has 1 aromatic carbocycles. The average molecular weight is 366 g/mol. The van der Waals surface area contributed by atoms with Gasteiger partial charge < -0.3 is 15.5 Å². The van der Waals surface area contributed by atoms with Gasteiger partial charge in [0.15, 0.2) is 0 Å². The van der Waals surface area contributed by atoms with Crippen LogP contribution < -0.4 is 15.5 Å². The van der Waals surface area contributed by atoms with Crippen LogP contribution in [0.2, 0.25) is 0 Å². The van der Waals surface area contributed by atoms with Crippen LogP contribution in [0.4, 0.5) is 5.69 Å². The van der Waals surface area contributed by atoms with E-state index in [0.29, 0.717) is 19.1 Å². The van der Waals surface area contributed by atoms with Crippen LogP contribution in [0.15, 0.2) is 28.7 Å². The van der Waals surface area contributed by atoms with Crippen LogP contribution in [0.25, 0.3) is 0 Å². The summed E-state index contributed by atoms with van der Waals surface area (Å²) < 4.78 is 0.929. The smallest absolute Gasteiger partial charge is 0.227 e. The molecule has 2 aliphatic rings. The zero-order valence-electron chi connectivity index (χ0n) is 12.3. The number of carbonyl (C=O) groups is 2. The van der Waals surface area contributed by atoms with Crippen LogP contribution in [0.1, 0.15) is 19.3 Å². The highest BCUT2D eigenvalue weighted by Gasteiger charge is 2.35. The Morgan fingerprint density at radius 3 is 3.05 bits per heavy atom. The molecule has 2 amide bonds. The van der Waals surface area contributed by atoms with Gasteiger partial charge in [-0.25, -0.2) is 0 Å². The Morgan fingerprint density at radius 1 is 1.45 bits per heavy atom. The molecule has 118 valence electrons. The fourth-order valence-electron chi connectivity index (χ4n) is 3.08. The molecule has 2 unspecified atom stereocenters. The molecule has 5 nitrogen and oxygen atoms in total. The van der Waals surface area contributed by atoms with Crippen LogP contribution in [-0.4, -0.2) is 37.5 Å². The Labute approximate surface area is 138 Å². The summed E-state index contributed by atoms with van der Waals surface area (Å²) in [5.41, 5.74) is 0.840. The Bertz CT molecular complexity index is 572. The minimum absolute atomic E-state index is 0.0113. The van der Waals surface area contributed by atoms with Crippen molar-refractivity contribution < 1.29 is 9.59 Å². The average Bonchev–Trinajstić information content (AvgIpc) is 3.14. The third kappa shape index (κ3) is 3.50. The quantitative estimate of drug-likeness (QED) is 0.852. The predicted octanol–water partition coefficient (Wildman–Crippen LogP) is 1.67. The van der Waals surface area contributed by atoms with E-state index in [9.17, 15) is 9.59 Å². The molecule has 3 rings (SSSR count). The second-order valence-electron chi connectivity index (χ2n) is 5.92. The van der Waals surface area contributed by atoms with Gasteiger partial charge in [0.05, 0.1) is 5.92 Å². The van der Waals surface area contributed by atoms with E-state index in [-0.39, 0.29) is 24.2 Å². The number of benzene rings is 1. The van der Waals surface area contributed by atoms with Gasteiger partial charge in [-0.3, -0.25) is 9.59 Å². The summed E-state index contributed by atoms with van der Waals surface area (Å²) in [7, 11) is 0. The lowest BCUT2D eigenvalue weighted by Crippen LogP contribution is -2.40. The monoisotopic (exact) mass is 365 g/mol. The van der Waals surface area contributed by atoms with Crippen molar-refractivity contribution in [1.82, 2.24) is 10.6 Å². The lowest BCUT2D eigenvalue weighted by molar-refractivity contribution is -0.126. The molecular weight excluding hydrogens is 346 g/mol. The Kier molecular flexibility index (Phi) is 4.78. The Hall–Kier alpha value is -1.40. The lowest BCUT2D eigenvalue weighted by atomic mass is 10.1. The predicted molar refractivity (Wildman–Crippen MR) is 88.6 cm³/mol. The van der Waals surface area contributed by atoms with E-state index in [1.54, 1.807) is 4.90 Å². The number of nitrogens with zero attached hydrogens (tertiary/aromatic N) is 1. The molecule has 2 fully saturated rings. The fourth-order valence-corrected chi connectivity index (χ4v) is 3.46. The summed E-state index contributed by atoms with van der Waals surface area (Å²) in [5.74, 6) is -0.260. The first kappa shape index (κ1) is 15.5. The first-order valence-corrected chi connectivity index (χ1v) is 8.50. The molecule has 0 aliphatic carbocycles. The van der Waals surface area contributed by atoms with E-state index in [2.05, 4.69) is 26.6 Å². The van der Waals surface area contributed by atoms with Gasteiger partial charge in [0.25, 0.3) is 0 Å². The highest BCUT2D eigenvalue weighted by Crippen LogP contribution is 2.27. The molecule has 6 heteroatoms. The van der Waals surface area contributed by atoms with Gasteiger partial charge in [-0.2, -0.15) is 0 Å². The highest BCUT2D eigenvalue weighted by molar-refractivity contribution is 9.10. The Balaban J connectivity index is 1.57. The van der Waals surface area contributed by atoms with Gasteiger partial charge in [0.1, 0.15) is 0 Å². The fraction of sp³-hybridized carbons (Fsp3) is 0.500. The van der Waals surface area contributed by atoms with E-state index < -0.39 is 0 Å². The third-order valence-electron chi connectivity index (χ3n) is 4.30. The summed E-state index contributed by atoms with van der Waals surface area (Å²) in [4.78, 5) is 26.1. The number of amides is 2. The van der Waals surface area contributed by atoms with Crippen molar-refractivity contribution in [3.05, 3.63) is 28.7 Å². The van der Waals surface area contributed by atoms with Crippen LogP contribution in [0.3, 0.4) is 0 Å². The van der Waals surface area contributed by atoms with Gasteiger partial charge in [-0.1, -0.05) is 22.0 Å². The van der Waals surface area contributed by atoms with Gasteiger partial charge in [-0.05, 0) is 37.6 Å². The molecule has 0 bridgehead atoms. The lowest BCUT2D eigenvalue weighted by Gasteiger charge is -2.17. The molecule has 0 radical (unpaired) electrons.